The third-order valence-corrected chi connectivity index (χ3v) is 2.98. The molecule has 2 rings (SSSR count). The van der Waals surface area contributed by atoms with Gasteiger partial charge < -0.3 is 10.1 Å². The Kier molecular flexibility index (Phi) is 4.18. The first kappa shape index (κ1) is 14.5. The van der Waals surface area contributed by atoms with Crippen molar-refractivity contribution in [3.63, 3.8) is 0 Å². The highest BCUT2D eigenvalue weighted by Gasteiger charge is 2.31. The van der Waals surface area contributed by atoms with Crippen LogP contribution in [0.3, 0.4) is 0 Å². The number of nitrogens with zero attached hydrogens (tertiary/aromatic N) is 2. The maximum absolute atomic E-state index is 12.0. The lowest BCUT2D eigenvalue weighted by Gasteiger charge is -2.18. The topological polar surface area (TPSA) is 99.5 Å². The molecule has 1 aromatic rings. The van der Waals surface area contributed by atoms with E-state index in [1.807, 2.05) is 6.07 Å². The van der Waals surface area contributed by atoms with E-state index in [0.717, 1.165) is 4.90 Å². The van der Waals surface area contributed by atoms with E-state index in [9.17, 15) is 14.4 Å². The second-order valence-corrected chi connectivity index (χ2v) is 4.46. The molecule has 7 heteroatoms. The minimum atomic E-state index is -1.08. The Balaban J connectivity index is 2.03. The van der Waals surface area contributed by atoms with E-state index in [-0.39, 0.29) is 12.1 Å². The Morgan fingerprint density at radius 3 is 2.86 bits per heavy atom. The van der Waals surface area contributed by atoms with Crippen molar-refractivity contribution >= 4 is 17.9 Å². The molecule has 1 heterocycles. The Bertz CT molecular complexity index is 635. The predicted octanol–water partition coefficient (Wildman–Crippen LogP) is 0.655. The number of carbonyl (C=O) groups excluding carboxylic acids is 3. The normalized spacial score (nSPS) is 15.0. The summed E-state index contributed by atoms with van der Waals surface area (Å²) in [5, 5.41) is 11.3. The molecule has 7 nitrogen and oxygen atoms in total. The molecule has 1 fully saturated rings. The first-order valence-corrected chi connectivity index (χ1v) is 6.33. The molecule has 1 aliphatic rings. The molecule has 21 heavy (non-hydrogen) atoms. The zero-order valence-electron chi connectivity index (χ0n) is 11.3. The van der Waals surface area contributed by atoms with Crippen LogP contribution in [0.2, 0.25) is 0 Å². The van der Waals surface area contributed by atoms with Crippen LogP contribution >= 0.6 is 0 Å². The minimum absolute atomic E-state index is 0.180. The molecule has 0 unspecified atom stereocenters. The summed E-state index contributed by atoms with van der Waals surface area (Å²) in [6.45, 7) is 2.04. The Hall–Kier alpha value is -2.88. The Morgan fingerprint density at radius 2 is 2.24 bits per heavy atom. The quantitative estimate of drug-likeness (QED) is 0.823. The summed E-state index contributed by atoms with van der Waals surface area (Å²) >= 11 is 0. The highest BCUT2D eigenvalue weighted by Crippen LogP contribution is 2.10. The summed E-state index contributed by atoms with van der Waals surface area (Å²) in [5.41, 5.74) is 0.502. The molecule has 1 atom stereocenters. The molecule has 0 saturated carbocycles. The molecule has 1 aromatic carbocycles. The van der Waals surface area contributed by atoms with Gasteiger partial charge in [-0.3, -0.25) is 9.69 Å². The van der Waals surface area contributed by atoms with E-state index in [2.05, 4.69) is 5.32 Å². The van der Waals surface area contributed by atoms with Crippen molar-refractivity contribution in [2.24, 2.45) is 0 Å². The lowest BCUT2D eigenvalue weighted by molar-refractivity contribution is -0.136. The third-order valence-electron chi connectivity index (χ3n) is 2.98. The monoisotopic (exact) mass is 287 g/mol. The lowest BCUT2D eigenvalue weighted by Crippen LogP contribution is -2.41. The third kappa shape index (κ3) is 3.17. The molecule has 0 spiro atoms. The number of hydrogen-bond acceptors (Lipinski definition) is 5. The van der Waals surface area contributed by atoms with Crippen molar-refractivity contribution in [2.45, 2.75) is 13.0 Å². The summed E-state index contributed by atoms with van der Waals surface area (Å²) < 4.78 is 5.04. The van der Waals surface area contributed by atoms with Crippen molar-refractivity contribution in [1.29, 1.82) is 5.26 Å². The predicted molar refractivity (Wildman–Crippen MR) is 71.1 cm³/mol. The number of ether oxygens (including phenoxy) is 1. The number of benzene rings is 1. The number of urea groups is 1. The number of imide groups is 1. The molecule has 108 valence electrons. The molecule has 1 saturated heterocycles. The Labute approximate surface area is 121 Å². The molecule has 0 aromatic heterocycles. The molecule has 1 aliphatic heterocycles. The summed E-state index contributed by atoms with van der Waals surface area (Å²) in [6.07, 6.45) is -1.08. The van der Waals surface area contributed by atoms with Gasteiger partial charge in [-0.1, -0.05) is 6.07 Å². The van der Waals surface area contributed by atoms with E-state index in [0.29, 0.717) is 12.1 Å². The maximum atomic E-state index is 12.0. The molecule has 3 amide bonds. The highest BCUT2D eigenvalue weighted by atomic mass is 16.5. The number of amides is 3. The average Bonchev–Trinajstić information content (AvgIpc) is 2.92. The van der Waals surface area contributed by atoms with Gasteiger partial charge in [-0.15, -0.1) is 0 Å². The van der Waals surface area contributed by atoms with E-state index in [1.54, 1.807) is 12.1 Å². The van der Waals surface area contributed by atoms with Gasteiger partial charge in [0.25, 0.3) is 5.91 Å². The molecule has 0 aliphatic carbocycles. The van der Waals surface area contributed by atoms with Gasteiger partial charge in [-0.05, 0) is 25.1 Å². The number of rotatable bonds is 3. The number of carbonyl (C=O) groups is 3. The zero-order chi connectivity index (χ0) is 15.4. The van der Waals surface area contributed by atoms with E-state index >= 15 is 0 Å². The van der Waals surface area contributed by atoms with Gasteiger partial charge in [-0.25, -0.2) is 9.59 Å². The van der Waals surface area contributed by atoms with E-state index in [4.69, 9.17) is 10.00 Å². The van der Waals surface area contributed by atoms with Crippen LogP contribution in [0.1, 0.15) is 22.8 Å². The van der Waals surface area contributed by atoms with Crippen molar-refractivity contribution in [2.75, 3.05) is 13.1 Å². The lowest BCUT2D eigenvalue weighted by atomic mass is 10.1. The van der Waals surface area contributed by atoms with Crippen LogP contribution in [0.4, 0.5) is 4.79 Å². The number of hydrogen-bond donors (Lipinski definition) is 1. The van der Waals surface area contributed by atoms with Crippen LogP contribution in [0, 0.1) is 11.3 Å². The summed E-state index contributed by atoms with van der Waals surface area (Å²) in [5.74, 6) is -1.29. The first-order valence-electron chi connectivity index (χ1n) is 6.33. The largest absolute Gasteiger partial charge is 0.449 e. The summed E-state index contributed by atoms with van der Waals surface area (Å²) in [7, 11) is 0. The van der Waals surface area contributed by atoms with Gasteiger partial charge in [0.2, 0.25) is 0 Å². The molecule has 0 radical (unpaired) electrons. The van der Waals surface area contributed by atoms with Gasteiger partial charge in [0, 0.05) is 13.1 Å². The van der Waals surface area contributed by atoms with E-state index in [1.165, 1.54) is 19.1 Å². The van der Waals surface area contributed by atoms with Crippen molar-refractivity contribution in [3.8, 4) is 6.07 Å². The second kappa shape index (κ2) is 6.05. The first-order chi connectivity index (χ1) is 10.0. The fourth-order valence-corrected chi connectivity index (χ4v) is 1.90. The van der Waals surface area contributed by atoms with Gasteiger partial charge in [0.1, 0.15) is 0 Å². The van der Waals surface area contributed by atoms with Crippen molar-refractivity contribution in [1.82, 2.24) is 10.2 Å². The van der Waals surface area contributed by atoms with Crippen LogP contribution in [-0.2, 0) is 9.53 Å². The second-order valence-electron chi connectivity index (χ2n) is 4.46. The van der Waals surface area contributed by atoms with Crippen molar-refractivity contribution < 1.29 is 19.1 Å². The van der Waals surface area contributed by atoms with Crippen molar-refractivity contribution in [3.05, 3.63) is 35.4 Å². The van der Waals surface area contributed by atoms with Gasteiger partial charge in [0.05, 0.1) is 17.2 Å². The number of esters is 1. The van der Waals surface area contributed by atoms with Gasteiger partial charge in [-0.2, -0.15) is 5.26 Å². The summed E-state index contributed by atoms with van der Waals surface area (Å²) in [6, 6.07) is 7.39. The maximum Gasteiger partial charge on any atom is 0.338 e. The average molecular weight is 287 g/mol. The molecular formula is C14H13N3O4. The van der Waals surface area contributed by atoms with E-state index < -0.39 is 24.0 Å². The fourth-order valence-electron chi connectivity index (χ4n) is 1.90. The zero-order valence-corrected chi connectivity index (χ0v) is 11.3. The highest BCUT2D eigenvalue weighted by molar-refractivity contribution is 5.99. The van der Waals surface area contributed by atoms with Crippen LogP contribution in [0.5, 0.6) is 0 Å². The minimum Gasteiger partial charge on any atom is -0.449 e. The van der Waals surface area contributed by atoms with Crippen LogP contribution in [0.15, 0.2) is 24.3 Å². The Morgan fingerprint density at radius 1 is 1.48 bits per heavy atom. The number of nitrogens with one attached hydrogen (secondary N) is 1. The fraction of sp³-hybridized carbons (Fsp3) is 0.286. The van der Waals surface area contributed by atoms with Crippen LogP contribution < -0.4 is 5.32 Å². The molecule has 1 N–H and O–H groups in total. The van der Waals surface area contributed by atoms with Gasteiger partial charge in [0.15, 0.2) is 6.10 Å². The smallest absolute Gasteiger partial charge is 0.338 e. The van der Waals surface area contributed by atoms with Gasteiger partial charge >= 0.3 is 12.0 Å². The molecule has 0 bridgehead atoms. The van der Waals surface area contributed by atoms with Crippen LogP contribution in [-0.4, -0.2) is 42.0 Å². The molecular weight excluding hydrogens is 274 g/mol. The van der Waals surface area contributed by atoms with Crippen LogP contribution in [0.25, 0.3) is 0 Å². The standard InChI is InChI=1S/C14H13N3O4/c1-9(12(18)17-6-5-16-14(17)20)21-13(19)11-4-2-3-10(7-11)8-15/h2-4,7,9H,5-6H2,1H3,(H,16,20)/t9-/m0/s1. The number of nitriles is 1. The summed E-state index contributed by atoms with van der Waals surface area (Å²) in [4.78, 5) is 36.3. The SMILES string of the molecule is C[C@H](OC(=O)c1cccc(C#N)c1)C(=O)N1CCNC1=O.